The highest BCUT2D eigenvalue weighted by molar-refractivity contribution is 7.80. The van der Waals surface area contributed by atoms with Gasteiger partial charge in [-0.2, -0.15) is 9.61 Å². The maximum Gasteiger partial charge on any atom is 0.257 e. The third-order valence-corrected chi connectivity index (χ3v) is 5.20. The number of hydrogen-bond acceptors (Lipinski definition) is 6. The lowest BCUT2D eigenvalue weighted by molar-refractivity contribution is 0.0977. The second-order valence-corrected chi connectivity index (χ2v) is 7.43. The molecule has 0 fully saturated rings. The molecule has 0 aliphatic heterocycles. The number of aryl methyl sites for hydroxylation is 1. The van der Waals surface area contributed by atoms with E-state index in [-0.39, 0.29) is 10.7 Å². The average Bonchev–Trinajstić information content (AvgIpc) is 3.28. The second-order valence-electron chi connectivity index (χ2n) is 6.07. The number of benzene rings is 2. The zero-order valence-electron chi connectivity index (χ0n) is 15.2. The summed E-state index contributed by atoms with van der Waals surface area (Å²) >= 11 is 6.64. The molecule has 10 heteroatoms. The number of aromatic nitrogens is 4. The van der Waals surface area contributed by atoms with Crippen molar-refractivity contribution in [1.29, 1.82) is 0 Å². The van der Waals surface area contributed by atoms with Gasteiger partial charge in [-0.3, -0.25) is 10.1 Å². The van der Waals surface area contributed by atoms with Crippen LogP contribution in [0.3, 0.4) is 0 Å². The summed E-state index contributed by atoms with van der Waals surface area (Å²) in [5, 5.41) is 19.2. The number of rotatable bonds is 4. The zero-order valence-corrected chi connectivity index (χ0v) is 16.9. The van der Waals surface area contributed by atoms with E-state index in [2.05, 4.69) is 25.9 Å². The van der Waals surface area contributed by atoms with Crippen LogP contribution in [0.4, 0.5) is 10.1 Å². The van der Waals surface area contributed by atoms with Crippen LogP contribution in [0.2, 0.25) is 0 Å². The highest BCUT2D eigenvalue weighted by Gasteiger charge is 2.13. The molecular weight excluding hydrogens is 411 g/mol. The number of carbonyl (C=O) groups excluding carboxylic acids is 1. The van der Waals surface area contributed by atoms with Crippen LogP contribution in [-0.4, -0.2) is 30.8 Å². The Morgan fingerprint density at radius 2 is 2.03 bits per heavy atom. The summed E-state index contributed by atoms with van der Waals surface area (Å²) in [4.78, 5) is 12.9. The lowest BCUT2D eigenvalue weighted by atomic mass is 10.2. The van der Waals surface area contributed by atoms with E-state index in [4.69, 9.17) is 12.2 Å². The Labute approximate surface area is 174 Å². The number of anilines is 1. The zero-order chi connectivity index (χ0) is 20.4. The highest BCUT2D eigenvalue weighted by Crippen LogP contribution is 2.27. The lowest BCUT2D eigenvalue weighted by Gasteiger charge is -2.10. The van der Waals surface area contributed by atoms with Crippen molar-refractivity contribution in [1.82, 2.24) is 25.1 Å². The maximum atomic E-state index is 13.3. The SMILES string of the molecule is CCc1nnc2sc(-c3cccc(NC(=S)NC(=O)c4cccc(F)c4)c3)nn12. The summed E-state index contributed by atoms with van der Waals surface area (Å²) in [6.07, 6.45) is 0.741. The van der Waals surface area contributed by atoms with Crippen LogP contribution in [0.25, 0.3) is 15.5 Å². The fourth-order valence-electron chi connectivity index (χ4n) is 2.69. The number of thiocarbonyl (C=S) groups is 1. The molecule has 4 aromatic rings. The summed E-state index contributed by atoms with van der Waals surface area (Å²) in [7, 11) is 0. The quantitative estimate of drug-likeness (QED) is 0.485. The molecule has 0 saturated carbocycles. The van der Waals surface area contributed by atoms with Crippen molar-refractivity contribution in [3.63, 3.8) is 0 Å². The van der Waals surface area contributed by atoms with E-state index >= 15 is 0 Å². The van der Waals surface area contributed by atoms with E-state index in [1.54, 1.807) is 4.52 Å². The smallest absolute Gasteiger partial charge is 0.257 e. The van der Waals surface area contributed by atoms with Crippen LogP contribution in [0.5, 0.6) is 0 Å². The summed E-state index contributed by atoms with van der Waals surface area (Å²) in [5.41, 5.74) is 1.76. The van der Waals surface area contributed by atoms with Crippen LogP contribution >= 0.6 is 23.6 Å². The van der Waals surface area contributed by atoms with Crippen LogP contribution in [-0.2, 0) is 6.42 Å². The van der Waals surface area contributed by atoms with Crippen LogP contribution in [0, 0.1) is 5.82 Å². The standard InChI is InChI=1S/C19H15FN6OS2/c1-2-15-23-24-19-26(15)25-17(29-19)12-6-4-8-14(10-12)21-18(28)22-16(27)11-5-3-7-13(20)9-11/h3-10H,2H2,1H3,(H2,21,22,27,28). The van der Waals surface area contributed by atoms with Gasteiger partial charge in [-0.1, -0.05) is 36.5 Å². The molecule has 0 spiro atoms. The van der Waals surface area contributed by atoms with Gasteiger partial charge in [0.1, 0.15) is 10.8 Å². The molecule has 2 aromatic carbocycles. The summed E-state index contributed by atoms with van der Waals surface area (Å²) in [6.45, 7) is 2.00. The molecule has 0 saturated heterocycles. The molecule has 0 bridgehead atoms. The Morgan fingerprint density at radius 3 is 2.83 bits per heavy atom. The molecule has 0 radical (unpaired) electrons. The Kier molecular flexibility index (Phi) is 5.28. The van der Waals surface area contributed by atoms with Gasteiger partial charge in [0.05, 0.1) is 0 Å². The molecule has 7 nitrogen and oxygen atoms in total. The van der Waals surface area contributed by atoms with Crippen molar-refractivity contribution in [2.75, 3.05) is 5.32 Å². The minimum absolute atomic E-state index is 0.114. The molecule has 0 atom stereocenters. The van der Waals surface area contributed by atoms with E-state index in [1.807, 2.05) is 31.2 Å². The number of halogens is 1. The fraction of sp³-hybridized carbons (Fsp3) is 0.105. The third-order valence-electron chi connectivity index (χ3n) is 4.05. The van der Waals surface area contributed by atoms with Gasteiger partial charge in [0.25, 0.3) is 5.91 Å². The number of amides is 1. The molecule has 0 aliphatic carbocycles. The summed E-state index contributed by atoms with van der Waals surface area (Å²) < 4.78 is 15.0. The largest absolute Gasteiger partial charge is 0.332 e. The summed E-state index contributed by atoms with van der Waals surface area (Å²) in [5.74, 6) is -0.169. The van der Waals surface area contributed by atoms with E-state index < -0.39 is 11.7 Å². The van der Waals surface area contributed by atoms with Crippen molar-refractivity contribution in [2.24, 2.45) is 0 Å². The van der Waals surface area contributed by atoms with Crippen molar-refractivity contribution in [2.45, 2.75) is 13.3 Å². The first-order chi connectivity index (χ1) is 14.0. The van der Waals surface area contributed by atoms with Crippen molar-refractivity contribution in [3.05, 3.63) is 65.7 Å². The van der Waals surface area contributed by atoms with Gasteiger partial charge < -0.3 is 5.32 Å². The monoisotopic (exact) mass is 426 g/mol. The molecular formula is C19H15FN6OS2. The number of nitrogens with one attached hydrogen (secondary N) is 2. The van der Waals surface area contributed by atoms with E-state index in [1.165, 1.54) is 29.5 Å². The first-order valence-electron chi connectivity index (χ1n) is 8.73. The Bertz CT molecular complexity index is 1220. The first kappa shape index (κ1) is 19.1. The Hall–Kier alpha value is -3.24. The minimum atomic E-state index is -0.487. The van der Waals surface area contributed by atoms with Crippen LogP contribution in [0.15, 0.2) is 48.5 Å². The molecule has 2 aromatic heterocycles. The van der Waals surface area contributed by atoms with Gasteiger partial charge in [-0.05, 0) is 42.5 Å². The fourth-order valence-corrected chi connectivity index (χ4v) is 3.76. The molecule has 0 aliphatic rings. The van der Waals surface area contributed by atoms with Gasteiger partial charge >= 0.3 is 0 Å². The number of nitrogens with zero attached hydrogens (tertiary/aromatic N) is 4. The third kappa shape index (κ3) is 4.13. The predicted octanol–water partition coefficient (Wildman–Crippen LogP) is 3.68. The predicted molar refractivity (Wildman–Crippen MR) is 114 cm³/mol. The van der Waals surface area contributed by atoms with E-state index in [0.29, 0.717) is 5.69 Å². The minimum Gasteiger partial charge on any atom is -0.332 e. The number of carbonyl (C=O) groups is 1. The average molecular weight is 427 g/mol. The first-order valence-corrected chi connectivity index (χ1v) is 9.95. The molecule has 2 heterocycles. The second kappa shape index (κ2) is 8.02. The van der Waals surface area contributed by atoms with Gasteiger partial charge in [0, 0.05) is 23.2 Å². The Morgan fingerprint density at radius 1 is 1.21 bits per heavy atom. The lowest BCUT2D eigenvalue weighted by Crippen LogP contribution is -2.34. The highest BCUT2D eigenvalue weighted by atomic mass is 32.1. The maximum absolute atomic E-state index is 13.3. The van der Waals surface area contributed by atoms with Gasteiger partial charge in [0.2, 0.25) is 4.96 Å². The van der Waals surface area contributed by atoms with E-state index in [0.717, 1.165) is 33.8 Å². The van der Waals surface area contributed by atoms with Crippen LogP contribution in [0.1, 0.15) is 23.1 Å². The van der Waals surface area contributed by atoms with Gasteiger partial charge in [-0.15, -0.1) is 10.2 Å². The van der Waals surface area contributed by atoms with Crippen molar-refractivity contribution in [3.8, 4) is 10.6 Å². The normalized spacial score (nSPS) is 10.8. The molecule has 0 unspecified atom stereocenters. The van der Waals surface area contributed by atoms with Gasteiger partial charge in [-0.25, -0.2) is 4.39 Å². The molecule has 29 heavy (non-hydrogen) atoms. The number of fused-ring (bicyclic) bond motifs is 1. The van der Waals surface area contributed by atoms with Crippen molar-refractivity contribution < 1.29 is 9.18 Å². The molecule has 4 rings (SSSR count). The van der Waals surface area contributed by atoms with E-state index in [9.17, 15) is 9.18 Å². The summed E-state index contributed by atoms with van der Waals surface area (Å²) in [6, 6.07) is 12.9. The molecule has 2 N–H and O–H groups in total. The van der Waals surface area contributed by atoms with Gasteiger partial charge in [0.15, 0.2) is 10.9 Å². The molecule has 1 amide bonds. The Balaban J connectivity index is 1.48. The molecule has 146 valence electrons. The topological polar surface area (TPSA) is 84.2 Å². The van der Waals surface area contributed by atoms with Crippen LogP contribution < -0.4 is 10.6 Å². The number of hydrogen-bond donors (Lipinski definition) is 2. The van der Waals surface area contributed by atoms with Crippen molar-refractivity contribution >= 4 is 45.2 Å².